The second-order valence-electron chi connectivity index (χ2n) is 3.34. The van der Waals surface area contributed by atoms with Gasteiger partial charge < -0.3 is 11.1 Å². The monoisotopic (exact) mass is 264 g/mol. The number of carbonyl (C=O) groups is 2. The Kier molecular flexibility index (Phi) is 3.89. The summed E-state index contributed by atoms with van der Waals surface area (Å²) in [6.45, 7) is -0.589. The summed E-state index contributed by atoms with van der Waals surface area (Å²) in [7, 11) is 0. The van der Waals surface area contributed by atoms with Gasteiger partial charge in [-0.1, -0.05) is 0 Å². The van der Waals surface area contributed by atoms with E-state index in [1.54, 1.807) is 0 Å². The molecule has 3 N–H and O–H groups in total. The highest BCUT2D eigenvalue weighted by Crippen LogP contribution is 2.30. The van der Waals surface area contributed by atoms with E-state index in [1.165, 1.54) is 0 Å². The highest BCUT2D eigenvalue weighted by atomic mass is 19.4. The van der Waals surface area contributed by atoms with E-state index in [4.69, 9.17) is 5.73 Å². The molecule has 0 radical (unpaired) electrons. The highest BCUT2D eigenvalue weighted by molar-refractivity contribution is 5.96. The quantitative estimate of drug-likeness (QED) is 0.801. The number of nitrogens with one attached hydrogen (secondary N) is 1. The van der Waals surface area contributed by atoms with Crippen LogP contribution in [-0.4, -0.2) is 18.4 Å². The lowest BCUT2D eigenvalue weighted by Crippen LogP contribution is -2.33. The van der Waals surface area contributed by atoms with E-state index in [1.807, 2.05) is 5.32 Å². The normalized spacial score (nSPS) is 11.1. The summed E-state index contributed by atoms with van der Waals surface area (Å²) < 4.78 is 50.2. The molecule has 0 heterocycles. The van der Waals surface area contributed by atoms with Gasteiger partial charge in [-0.3, -0.25) is 9.59 Å². The van der Waals surface area contributed by atoms with Crippen LogP contribution in [0.2, 0.25) is 0 Å². The molecule has 2 amide bonds. The molecule has 1 rings (SSSR count). The molecule has 0 saturated heterocycles. The van der Waals surface area contributed by atoms with Gasteiger partial charge in [0, 0.05) is 0 Å². The van der Waals surface area contributed by atoms with Crippen molar-refractivity contribution in [2.45, 2.75) is 6.18 Å². The zero-order valence-corrected chi connectivity index (χ0v) is 8.84. The third kappa shape index (κ3) is 3.44. The van der Waals surface area contributed by atoms with Gasteiger partial charge in [-0.25, -0.2) is 4.39 Å². The fourth-order valence-corrected chi connectivity index (χ4v) is 1.14. The molecule has 0 aliphatic carbocycles. The molecule has 0 aromatic heterocycles. The van der Waals surface area contributed by atoms with Gasteiger partial charge in [0.05, 0.1) is 17.7 Å². The summed E-state index contributed by atoms with van der Waals surface area (Å²) in [6, 6.07) is 1.41. The topological polar surface area (TPSA) is 72.2 Å². The van der Waals surface area contributed by atoms with Crippen molar-refractivity contribution in [3.05, 3.63) is 35.1 Å². The van der Waals surface area contributed by atoms with E-state index < -0.39 is 41.5 Å². The highest BCUT2D eigenvalue weighted by Gasteiger charge is 2.31. The van der Waals surface area contributed by atoms with E-state index >= 15 is 0 Å². The minimum absolute atomic E-state index is 0.367. The number of carbonyl (C=O) groups excluding carboxylic acids is 2. The van der Waals surface area contributed by atoms with Gasteiger partial charge in [0.1, 0.15) is 5.82 Å². The fourth-order valence-electron chi connectivity index (χ4n) is 1.14. The SMILES string of the molecule is NC(=O)CNC(=O)c1cc(C(F)(F)F)ccc1F. The summed E-state index contributed by atoms with van der Waals surface area (Å²) in [5.41, 5.74) is 2.77. The van der Waals surface area contributed by atoms with Crippen LogP contribution in [0.5, 0.6) is 0 Å². The number of amides is 2. The number of hydrogen-bond acceptors (Lipinski definition) is 2. The van der Waals surface area contributed by atoms with Crippen molar-refractivity contribution in [3.63, 3.8) is 0 Å². The minimum Gasteiger partial charge on any atom is -0.368 e. The van der Waals surface area contributed by atoms with Crippen molar-refractivity contribution < 1.29 is 27.2 Å². The predicted molar refractivity (Wildman–Crippen MR) is 52.9 cm³/mol. The molecule has 0 aliphatic rings. The molecule has 98 valence electrons. The molecule has 0 fully saturated rings. The van der Waals surface area contributed by atoms with Gasteiger partial charge >= 0.3 is 6.18 Å². The molecule has 1 aromatic rings. The molecule has 4 nitrogen and oxygen atoms in total. The summed E-state index contributed by atoms with van der Waals surface area (Å²) in [4.78, 5) is 21.7. The largest absolute Gasteiger partial charge is 0.416 e. The van der Waals surface area contributed by atoms with E-state index in [0.29, 0.717) is 18.2 Å². The standard InChI is InChI=1S/C10H8F4N2O2/c11-7-2-1-5(10(12,13)14)3-6(7)9(18)16-4-8(15)17/h1-3H,4H2,(H2,15,17)(H,16,18). The van der Waals surface area contributed by atoms with Crippen molar-refractivity contribution in [2.24, 2.45) is 5.73 Å². The lowest BCUT2D eigenvalue weighted by molar-refractivity contribution is -0.137. The molecule has 0 bridgehead atoms. The van der Waals surface area contributed by atoms with Gasteiger partial charge in [-0.15, -0.1) is 0 Å². The first-order valence-corrected chi connectivity index (χ1v) is 4.65. The van der Waals surface area contributed by atoms with Crippen LogP contribution in [-0.2, 0) is 11.0 Å². The maximum Gasteiger partial charge on any atom is 0.416 e. The average Bonchev–Trinajstić information content (AvgIpc) is 2.24. The number of primary amides is 1. The van der Waals surface area contributed by atoms with Crippen LogP contribution in [0.25, 0.3) is 0 Å². The van der Waals surface area contributed by atoms with Crippen LogP contribution in [0.1, 0.15) is 15.9 Å². The zero-order valence-electron chi connectivity index (χ0n) is 8.84. The number of hydrogen-bond donors (Lipinski definition) is 2. The maximum absolute atomic E-state index is 13.2. The van der Waals surface area contributed by atoms with E-state index in [9.17, 15) is 27.2 Å². The second-order valence-corrected chi connectivity index (χ2v) is 3.34. The first kappa shape index (κ1) is 13.9. The van der Waals surface area contributed by atoms with Crippen molar-refractivity contribution in [3.8, 4) is 0 Å². The lowest BCUT2D eigenvalue weighted by atomic mass is 10.1. The first-order chi connectivity index (χ1) is 8.21. The van der Waals surface area contributed by atoms with Gasteiger partial charge in [0.25, 0.3) is 5.91 Å². The van der Waals surface area contributed by atoms with Crippen LogP contribution < -0.4 is 11.1 Å². The van der Waals surface area contributed by atoms with Crippen LogP contribution in [0.15, 0.2) is 18.2 Å². The van der Waals surface area contributed by atoms with E-state index in [-0.39, 0.29) is 0 Å². The third-order valence-corrected chi connectivity index (χ3v) is 1.96. The van der Waals surface area contributed by atoms with Gasteiger partial charge in [0.2, 0.25) is 5.91 Å². The van der Waals surface area contributed by atoms with Gasteiger partial charge in [-0.2, -0.15) is 13.2 Å². The molecule has 0 unspecified atom stereocenters. The predicted octanol–water partition coefficient (Wildman–Crippen LogP) is 1.06. The summed E-state index contributed by atoms with van der Waals surface area (Å²) in [6.07, 6.45) is -4.69. The number of benzene rings is 1. The Morgan fingerprint density at radius 1 is 1.28 bits per heavy atom. The molecular weight excluding hydrogens is 256 g/mol. The zero-order chi connectivity index (χ0) is 13.9. The van der Waals surface area contributed by atoms with Gasteiger partial charge in [-0.05, 0) is 18.2 Å². The molecule has 8 heteroatoms. The van der Waals surface area contributed by atoms with Crippen molar-refractivity contribution in [2.75, 3.05) is 6.54 Å². The van der Waals surface area contributed by atoms with Crippen molar-refractivity contribution in [1.29, 1.82) is 0 Å². The maximum atomic E-state index is 13.2. The average molecular weight is 264 g/mol. The van der Waals surface area contributed by atoms with Crippen LogP contribution in [0.4, 0.5) is 17.6 Å². The first-order valence-electron chi connectivity index (χ1n) is 4.65. The Labute approximate surface area is 98.8 Å². The lowest BCUT2D eigenvalue weighted by Gasteiger charge is -2.09. The molecule has 0 saturated carbocycles. The fraction of sp³-hybridized carbons (Fsp3) is 0.200. The summed E-state index contributed by atoms with van der Waals surface area (Å²) in [5, 5.41) is 1.90. The third-order valence-electron chi connectivity index (χ3n) is 1.96. The van der Waals surface area contributed by atoms with Gasteiger partial charge in [0.15, 0.2) is 0 Å². The number of halogens is 4. The molecule has 0 aliphatic heterocycles. The second kappa shape index (κ2) is 5.03. The number of rotatable bonds is 3. The Bertz CT molecular complexity index is 485. The van der Waals surface area contributed by atoms with E-state index in [0.717, 1.165) is 0 Å². The summed E-state index contributed by atoms with van der Waals surface area (Å²) >= 11 is 0. The smallest absolute Gasteiger partial charge is 0.368 e. The number of nitrogens with two attached hydrogens (primary N) is 1. The Balaban J connectivity index is 3.01. The molecule has 0 atom stereocenters. The van der Waals surface area contributed by atoms with Crippen LogP contribution >= 0.6 is 0 Å². The molecule has 1 aromatic carbocycles. The molecule has 0 spiro atoms. The van der Waals surface area contributed by atoms with Crippen molar-refractivity contribution in [1.82, 2.24) is 5.32 Å². The van der Waals surface area contributed by atoms with E-state index in [2.05, 4.69) is 0 Å². The van der Waals surface area contributed by atoms with Crippen molar-refractivity contribution >= 4 is 11.8 Å². The molecule has 18 heavy (non-hydrogen) atoms. The summed E-state index contributed by atoms with van der Waals surface area (Å²) in [5.74, 6) is -3.15. The van der Waals surface area contributed by atoms with Crippen LogP contribution in [0, 0.1) is 5.82 Å². The minimum atomic E-state index is -4.69. The Hall–Kier alpha value is -2.12. The Morgan fingerprint density at radius 3 is 2.39 bits per heavy atom. The van der Waals surface area contributed by atoms with Crippen LogP contribution in [0.3, 0.4) is 0 Å². The number of alkyl halides is 3. The molecular formula is C10H8F4N2O2. The Morgan fingerprint density at radius 2 is 1.89 bits per heavy atom.